The number of nitrogens with zero attached hydrogens (tertiary/aromatic N) is 1. The second kappa shape index (κ2) is 7.69. The Kier molecular flexibility index (Phi) is 5.11. The molecule has 2 aromatic carbocycles. The maximum absolute atomic E-state index is 12.1. The standard InChI is InChI=1S/C20H18ClN3O3S/c1-26-16-8-12(14-9-17(25)23-19-18(14)28-20(22)24-19)5-6-15(16)27-10-11-3-2-4-13(21)7-11/h2-8,14H,9-10H2,1H3,(H2,22,24)(H,23,25)/t14-/m1/s1. The van der Waals surface area contributed by atoms with Gasteiger partial charge in [-0.1, -0.05) is 41.1 Å². The summed E-state index contributed by atoms with van der Waals surface area (Å²) in [6, 6.07) is 13.2. The van der Waals surface area contributed by atoms with Gasteiger partial charge < -0.3 is 20.5 Å². The highest BCUT2D eigenvalue weighted by atomic mass is 35.5. The van der Waals surface area contributed by atoms with Crippen molar-refractivity contribution in [2.45, 2.75) is 18.9 Å². The number of carbonyl (C=O) groups is 1. The molecule has 6 nitrogen and oxygen atoms in total. The van der Waals surface area contributed by atoms with E-state index in [0.29, 0.717) is 40.5 Å². The summed E-state index contributed by atoms with van der Waals surface area (Å²) in [5, 5.41) is 3.88. The number of anilines is 2. The van der Waals surface area contributed by atoms with Crippen molar-refractivity contribution in [1.29, 1.82) is 0 Å². The maximum atomic E-state index is 12.1. The second-order valence-corrected chi connectivity index (χ2v) is 7.90. The van der Waals surface area contributed by atoms with Crippen molar-refractivity contribution in [2.75, 3.05) is 18.2 Å². The largest absolute Gasteiger partial charge is 0.493 e. The minimum atomic E-state index is -0.116. The third-order valence-corrected chi connectivity index (χ3v) is 5.74. The minimum Gasteiger partial charge on any atom is -0.493 e. The molecule has 3 aromatic rings. The molecule has 0 fully saturated rings. The Bertz CT molecular complexity index is 1040. The Morgan fingerprint density at radius 2 is 2.14 bits per heavy atom. The van der Waals surface area contributed by atoms with E-state index in [0.717, 1.165) is 16.0 Å². The summed E-state index contributed by atoms with van der Waals surface area (Å²) in [5.74, 6) is 1.57. The Labute approximate surface area is 171 Å². The van der Waals surface area contributed by atoms with Gasteiger partial charge in [0.05, 0.1) is 12.0 Å². The molecule has 0 bridgehead atoms. The first kappa shape index (κ1) is 18.6. The number of nitrogen functional groups attached to an aromatic ring is 1. The van der Waals surface area contributed by atoms with Gasteiger partial charge >= 0.3 is 0 Å². The predicted octanol–water partition coefficient (Wildman–Crippen LogP) is 4.44. The molecule has 1 aliphatic rings. The molecule has 0 aliphatic carbocycles. The fraction of sp³-hybridized carbons (Fsp3) is 0.200. The molecule has 4 rings (SSSR count). The van der Waals surface area contributed by atoms with E-state index in [9.17, 15) is 4.79 Å². The Morgan fingerprint density at radius 3 is 2.93 bits per heavy atom. The molecule has 2 heterocycles. The van der Waals surface area contributed by atoms with Crippen molar-refractivity contribution in [1.82, 2.24) is 4.98 Å². The maximum Gasteiger partial charge on any atom is 0.226 e. The molecule has 144 valence electrons. The topological polar surface area (TPSA) is 86.5 Å². The van der Waals surface area contributed by atoms with E-state index in [1.54, 1.807) is 7.11 Å². The van der Waals surface area contributed by atoms with Crippen molar-refractivity contribution < 1.29 is 14.3 Å². The van der Waals surface area contributed by atoms with Crippen molar-refractivity contribution in [3.8, 4) is 11.5 Å². The van der Waals surface area contributed by atoms with Gasteiger partial charge in [0.25, 0.3) is 0 Å². The van der Waals surface area contributed by atoms with Crippen LogP contribution in [-0.4, -0.2) is 18.0 Å². The van der Waals surface area contributed by atoms with Crippen LogP contribution in [-0.2, 0) is 11.4 Å². The normalized spacial score (nSPS) is 15.6. The van der Waals surface area contributed by atoms with E-state index >= 15 is 0 Å². The zero-order valence-electron chi connectivity index (χ0n) is 15.1. The van der Waals surface area contributed by atoms with Crippen LogP contribution in [0.3, 0.4) is 0 Å². The number of hydrogen-bond donors (Lipinski definition) is 2. The van der Waals surface area contributed by atoms with Gasteiger partial charge in [-0.05, 0) is 35.4 Å². The fourth-order valence-corrected chi connectivity index (χ4v) is 4.34. The summed E-state index contributed by atoms with van der Waals surface area (Å²) in [5.41, 5.74) is 7.75. The molecule has 1 aliphatic heterocycles. The lowest BCUT2D eigenvalue weighted by molar-refractivity contribution is -0.116. The average Bonchev–Trinajstić information content (AvgIpc) is 3.05. The third-order valence-electron chi connectivity index (χ3n) is 4.51. The van der Waals surface area contributed by atoms with Crippen molar-refractivity contribution in [2.24, 2.45) is 0 Å². The molecular weight excluding hydrogens is 398 g/mol. The van der Waals surface area contributed by atoms with E-state index in [1.165, 1.54) is 11.3 Å². The number of methoxy groups -OCH3 is 1. The number of fused-ring (bicyclic) bond motifs is 1. The van der Waals surface area contributed by atoms with E-state index in [1.807, 2.05) is 42.5 Å². The molecule has 1 aromatic heterocycles. The van der Waals surface area contributed by atoms with Crippen LogP contribution in [0.15, 0.2) is 42.5 Å². The first-order valence-electron chi connectivity index (χ1n) is 8.64. The van der Waals surface area contributed by atoms with Crippen LogP contribution < -0.4 is 20.5 Å². The molecule has 28 heavy (non-hydrogen) atoms. The van der Waals surface area contributed by atoms with E-state index in [2.05, 4.69) is 10.3 Å². The smallest absolute Gasteiger partial charge is 0.226 e. The minimum absolute atomic E-state index is 0.0805. The SMILES string of the molecule is COc1cc([C@H]2CC(=O)Nc3nc(N)sc32)ccc1OCc1cccc(Cl)c1. The zero-order valence-corrected chi connectivity index (χ0v) is 16.6. The van der Waals surface area contributed by atoms with Gasteiger partial charge in [-0.25, -0.2) is 4.98 Å². The number of amides is 1. The number of nitrogens with one attached hydrogen (secondary N) is 1. The van der Waals surface area contributed by atoms with Crippen LogP contribution in [0.2, 0.25) is 5.02 Å². The summed E-state index contributed by atoms with van der Waals surface area (Å²) in [7, 11) is 1.59. The molecule has 0 spiro atoms. The van der Waals surface area contributed by atoms with Crippen LogP contribution in [0.25, 0.3) is 0 Å². The van der Waals surface area contributed by atoms with Crippen LogP contribution in [0.5, 0.6) is 11.5 Å². The lowest BCUT2D eigenvalue weighted by Crippen LogP contribution is -2.22. The predicted molar refractivity (Wildman–Crippen MR) is 110 cm³/mol. The first-order valence-corrected chi connectivity index (χ1v) is 9.84. The molecule has 0 saturated heterocycles. The summed E-state index contributed by atoms with van der Waals surface area (Å²) >= 11 is 7.41. The lowest BCUT2D eigenvalue weighted by Gasteiger charge is -2.22. The highest BCUT2D eigenvalue weighted by Crippen LogP contribution is 2.43. The molecule has 1 atom stereocenters. The van der Waals surface area contributed by atoms with Gasteiger partial charge in [-0.2, -0.15) is 0 Å². The van der Waals surface area contributed by atoms with E-state index in [4.69, 9.17) is 26.8 Å². The monoisotopic (exact) mass is 415 g/mol. The Morgan fingerprint density at radius 1 is 1.29 bits per heavy atom. The number of nitrogens with two attached hydrogens (primary N) is 1. The first-order chi connectivity index (χ1) is 13.5. The van der Waals surface area contributed by atoms with Crippen molar-refractivity contribution >= 4 is 39.8 Å². The molecule has 1 amide bonds. The molecule has 0 saturated carbocycles. The van der Waals surface area contributed by atoms with E-state index < -0.39 is 0 Å². The number of thiazole rings is 1. The number of hydrogen-bond acceptors (Lipinski definition) is 6. The molecule has 0 radical (unpaired) electrons. The van der Waals surface area contributed by atoms with Crippen molar-refractivity contribution in [3.63, 3.8) is 0 Å². The van der Waals surface area contributed by atoms with Crippen LogP contribution in [0.4, 0.5) is 10.9 Å². The Hall–Kier alpha value is -2.77. The molecule has 0 unspecified atom stereocenters. The van der Waals surface area contributed by atoms with Gasteiger partial charge in [-0.15, -0.1) is 0 Å². The quantitative estimate of drug-likeness (QED) is 0.643. The highest BCUT2D eigenvalue weighted by molar-refractivity contribution is 7.16. The summed E-state index contributed by atoms with van der Waals surface area (Å²) in [4.78, 5) is 17.2. The van der Waals surface area contributed by atoms with Crippen LogP contribution in [0.1, 0.15) is 28.3 Å². The molecular formula is C20H18ClN3O3S. The van der Waals surface area contributed by atoms with Gasteiger partial charge in [0.2, 0.25) is 5.91 Å². The number of halogens is 1. The molecule has 3 N–H and O–H groups in total. The number of rotatable bonds is 5. The summed E-state index contributed by atoms with van der Waals surface area (Å²) < 4.78 is 11.4. The zero-order chi connectivity index (χ0) is 19.7. The molecule has 8 heteroatoms. The number of ether oxygens (including phenoxy) is 2. The van der Waals surface area contributed by atoms with Crippen LogP contribution in [0, 0.1) is 0 Å². The van der Waals surface area contributed by atoms with Crippen LogP contribution >= 0.6 is 22.9 Å². The number of aromatic nitrogens is 1. The summed E-state index contributed by atoms with van der Waals surface area (Å²) in [6.45, 7) is 0.373. The second-order valence-electron chi connectivity index (χ2n) is 6.40. The van der Waals surface area contributed by atoms with Gasteiger partial charge in [0.15, 0.2) is 16.6 Å². The Balaban J connectivity index is 1.59. The van der Waals surface area contributed by atoms with Crippen molar-refractivity contribution in [3.05, 3.63) is 63.5 Å². The van der Waals surface area contributed by atoms with Gasteiger partial charge in [0.1, 0.15) is 12.4 Å². The summed E-state index contributed by atoms with van der Waals surface area (Å²) in [6.07, 6.45) is 0.334. The number of carbonyl (C=O) groups excluding carboxylic acids is 1. The van der Waals surface area contributed by atoms with Gasteiger partial charge in [0, 0.05) is 17.4 Å². The third kappa shape index (κ3) is 3.76. The van der Waals surface area contributed by atoms with Gasteiger partial charge in [-0.3, -0.25) is 4.79 Å². The number of benzene rings is 2. The fourth-order valence-electron chi connectivity index (χ4n) is 3.21. The average molecular weight is 416 g/mol. The van der Waals surface area contributed by atoms with E-state index in [-0.39, 0.29) is 11.8 Å². The highest BCUT2D eigenvalue weighted by Gasteiger charge is 2.30. The lowest BCUT2D eigenvalue weighted by atomic mass is 9.91.